The third-order valence-electron chi connectivity index (χ3n) is 5.37. The number of hydroxylamine groups is 1. The van der Waals surface area contributed by atoms with Gasteiger partial charge in [0, 0.05) is 25.7 Å². The van der Waals surface area contributed by atoms with Crippen LogP contribution < -0.4 is 0 Å². The van der Waals surface area contributed by atoms with Crippen molar-refractivity contribution in [2.75, 3.05) is 27.2 Å². The van der Waals surface area contributed by atoms with Crippen molar-refractivity contribution < 1.29 is 22.4 Å². The van der Waals surface area contributed by atoms with Gasteiger partial charge in [-0.15, -0.1) is 0 Å². The largest absolute Gasteiger partial charge is 0.339 e. The van der Waals surface area contributed by atoms with Crippen molar-refractivity contribution in [1.82, 2.24) is 9.37 Å². The van der Waals surface area contributed by atoms with Crippen molar-refractivity contribution in [3.8, 4) is 0 Å². The monoisotopic (exact) mass is 454 g/mol. The summed E-state index contributed by atoms with van der Waals surface area (Å²) < 4.78 is 39.2. The maximum Gasteiger partial charge on any atom is 0.266 e. The third-order valence-corrected chi connectivity index (χ3v) is 7.53. The molecule has 0 saturated carbocycles. The number of nitrogens with zero attached hydrogens (tertiary/aromatic N) is 2. The number of amides is 1. The summed E-state index contributed by atoms with van der Waals surface area (Å²) in [5.41, 5.74) is 1.21. The lowest BCUT2D eigenvalue weighted by molar-refractivity contribution is -0.0258. The maximum absolute atomic E-state index is 13.4. The zero-order valence-corrected chi connectivity index (χ0v) is 18.4. The third kappa shape index (κ3) is 5.00. The molecule has 1 amide bonds. The number of sulfonamides is 1. The topological polar surface area (TPSA) is 66.9 Å². The highest BCUT2D eigenvalue weighted by Crippen LogP contribution is 2.27. The summed E-state index contributed by atoms with van der Waals surface area (Å²) in [7, 11) is -1.49. The Hall–Kier alpha value is -2.00. The molecule has 1 saturated heterocycles. The number of carbonyl (C=O) groups is 1. The molecule has 6 nitrogen and oxygen atoms in total. The van der Waals surface area contributed by atoms with Crippen molar-refractivity contribution >= 4 is 27.5 Å². The van der Waals surface area contributed by atoms with E-state index >= 15 is 0 Å². The molecule has 0 N–H and O–H groups in total. The molecule has 0 radical (unpaired) electrons. The van der Waals surface area contributed by atoms with Gasteiger partial charge in [-0.25, -0.2) is 12.8 Å². The molecule has 1 heterocycles. The highest BCUT2D eigenvalue weighted by atomic mass is 35.5. The van der Waals surface area contributed by atoms with Gasteiger partial charge in [-0.1, -0.05) is 28.2 Å². The zero-order valence-electron chi connectivity index (χ0n) is 16.8. The smallest absolute Gasteiger partial charge is 0.266 e. The Morgan fingerprint density at radius 1 is 1.23 bits per heavy atom. The Kier molecular flexibility index (Phi) is 7.13. The van der Waals surface area contributed by atoms with Crippen LogP contribution in [0.5, 0.6) is 0 Å². The second kappa shape index (κ2) is 9.43. The van der Waals surface area contributed by atoms with Crippen molar-refractivity contribution in [2.24, 2.45) is 5.92 Å². The summed E-state index contributed by atoms with van der Waals surface area (Å²) in [6.45, 7) is 1.11. The molecule has 1 aliphatic heterocycles. The number of hydrogen-bond acceptors (Lipinski definition) is 4. The van der Waals surface area contributed by atoms with Crippen LogP contribution in [0, 0.1) is 11.7 Å². The molecule has 1 aliphatic rings. The van der Waals surface area contributed by atoms with Gasteiger partial charge in [0.25, 0.3) is 15.9 Å². The van der Waals surface area contributed by atoms with Crippen LogP contribution in [0.3, 0.4) is 0 Å². The minimum Gasteiger partial charge on any atom is -0.339 e. The van der Waals surface area contributed by atoms with E-state index < -0.39 is 10.0 Å². The van der Waals surface area contributed by atoms with E-state index in [0.717, 1.165) is 24.8 Å². The number of piperidine rings is 1. The molecule has 30 heavy (non-hydrogen) atoms. The molecule has 3 rings (SSSR count). The van der Waals surface area contributed by atoms with Crippen LogP contribution in [-0.4, -0.2) is 50.9 Å². The van der Waals surface area contributed by atoms with Crippen molar-refractivity contribution in [3.05, 3.63) is 64.4 Å². The van der Waals surface area contributed by atoms with Crippen LogP contribution in [-0.2, 0) is 21.3 Å². The number of benzene rings is 2. The van der Waals surface area contributed by atoms with Crippen LogP contribution in [0.2, 0.25) is 5.02 Å². The molecule has 0 aromatic heterocycles. The molecule has 0 spiro atoms. The van der Waals surface area contributed by atoms with Gasteiger partial charge >= 0.3 is 0 Å². The molecule has 162 valence electrons. The predicted octanol–water partition coefficient (Wildman–Crippen LogP) is 3.76. The van der Waals surface area contributed by atoms with E-state index in [-0.39, 0.29) is 27.2 Å². The molecular weight excluding hydrogens is 431 g/mol. The fourth-order valence-corrected chi connectivity index (χ4v) is 5.06. The van der Waals surface area contributed by atoms with Crippen LogP contribution in [0.25, 0.3) is 0 Å². The Morgan fingerprint density at radius 2 is 1.93 bits per heavy atom. The summed E-state index contributed by atoms with van der Waals surface area (Å²) in [4.78, 5) is 19.2. The van der Waals surface area contributed by atoms with Gasteiger partial charge in [0.1, 0.15) is 10.7 Å². The number of rotatable bonds is 6. The summed E-state index contributed by atoms with van der Waals surface area (Å²) in [5, 5.41) is 0.0178. The van der Waals surface area contributed by atoms with Gasteiger partial charge in [0.05, 0.1) is 12.1 Å². The lowest BCUT2D eigenvalue weighted by Crippen LogP contribution is -2.39. The Morgan fingerprint density at radius 3 is 2.57 bits per heavy atom. The van der Waals surface area contributed by atoms with Gasteiger partial charge in [0.2, 0.25) is 0 Å². The summed E-state index contributed by atoms with van der Waals surface area (Å²) in [6, 6.07) is 10.8. The lowest BCUT2D eigenvalue weighted by Gasteiger charge is -2.32. The number of carbonyl (C=O) groups excluding carboxylic acids is 1. The first-order valence-electron chi connectivity index (χ1n) is 9.58. The predicted molar refractivity (Wildman–Crippen MR) is 112 cm³/mol. The normalized spacial score (nSPS) is 15.6. The fraction of sp³-hybridized carbons (Fsp3) is 0.381. The van der Waals surface area contributed by atoms with E-state index in [1.165, 1.54) is 38.4 Å². The molecule has 0 unspecified atom stereocenters. The van der Waals surface area contributed by atoms with E-state index in [2.05, 4.69) is 0 Å². The first-order valence-corrected chi connectivity index (χ1v) is 11.4. The average Bonchev–Trinajstić information content (AvgIpc) is 2.73. The molecule has 0 bridgehead atoms. The van der Waals surface area contributed by atoms with Gasteiger partial charge in [-0.3, -0.25) is 9.63 Å². The van der Waals surface area contributed by atoms with E-state index in [1.54, 1.807) is 17.0 Å². The quantitative estimate of drug-likeness (QED) is 0.623. The Balaban J connectivity index is 1.69. The second-order valence-electron chi connectivity index (χ2n) is 7.31. The van der Waals surface area contributed by atoms with E-state index in [1.807, 2.05) is 6.07 Å². The van der Waals surface area contributed by atoms with Gasteiger partial charge < -0.3 is 4.90 Å². The maximum atomic E-state index is 13.4. The lowest BCUT2D eigenvalue weighted by atomic mass is 9.90. The Bertz CT molecular complexity index is 1020. The molecular formula is C21H24ClFN2O4S. The van der Waals surface area contributed by atoms with Crippen molar-refractivity contribution in [2.45, 2.75) is 24.2 Å². The molecule has 1 fully saturated rings. The highest BCUT2D eigenvalue weighted by Gasteiger charge is 2.28. The average molecular weight is 455 g/mol. The number of hydrogen-bond donors (Lipinski definition) is 0. The Labute approximate surface area is 181 Å². The number of likely N-dealkylation sites (tertiary alicyclic amines) is 1. The highest BCUT2D eigenvalue weighted by molar-refractivity contribution is 7.89. The SMILES string of the molecule is CON(C)S(=O)(=O)c1cc(C(=O)N2CCC(Cc3cccc(F)c3)CC2)ccc1Cl. The number of halogens is 2. The first kappa shape index (κ1) is 22.7. The van der Waals surface area contributed by atoms with Crippen LogP contribution in [0.4, 0.5) is 4.39 Å². The minimum absolute atomic E-state index is 0.0178. The van der Waals surface area contributed by atoms with Crippen molar-refractivity contribution in [1.29, 1.82) is 0 Å². The molecule has 2 aromatic rings. The minimum atomic E-state index is -3.98. The summed E-state index contributed by atoms with van der Waals surface area (Å²) in [6.07, 6.45) is 2.37. The van der Waals surface area contributed by atoms with E-state index in [4.69, 9.17) is 16.4 Å². The molecule has 0 atom stereocenters. The van der Waals surface area contributed by atoms with Gasteiger partial charge in [-0.2, -0.15) is 0 Å². The first-order chi connectivity index (χ1) is 14.2. The van der Waals surface area contributed by atoms with Crippen molar-refractivity contribution in [3.63, 3.8) is 0 Å². The summed E-state index contributed by atoms with van der Waals surface area (Å²) in [5.74, 6) is -0.118. The molecule has 2 aromatic carbocycles. The summed E-state index contributed by atoms with van der Waals surface area (Å²) >= 11 is 6.07. The molecule has 9 heteroatoms. The van der Waals surface area contributed by atoms with Crippen LogP contribution >= 0.6 is 11.6 Å². The fourth-order valence-electron chi connectivity index (χ4n) is 3.59. The van der Waals surface area contributed by atoms with Gasteiger partial charge in [0.15, 0.2) is 0 Å². The zero-order chi connectivity index (χ0) is 21.9. The van der Waals surface area contributed by atoms with E-state index in [0.29, 0.717) is 23.5 Å². The van der Waals surface area contributed by atoms with Crippen LogP contribution in [0.1, 0.15) is 28.8 Å². The van der Waals surface area contributed by atoms with Gasteiger partial charge in [-0.05, 0) is 61.1 Å². The standard InChI is InChI=1S/C21H24ClFN2O4S/c1-24(29-2)30(27,28)20-14-17(6-7-19(20)22)21(26)25-10-8-15(9-11-25)12-16-4-3-5-18(23)13-16/h3-7,13-15H,8-12H2,1-2H3. The van der Waals surface area contributed by atoms with E-state index in [9.17, 15) is 17.6 Å². The second-order valence-corrected chi connectivity index (χ2v) is 9.62. The van der Waals surface area contributed by atoms with Crippen LogP contribution in [0.15, 0.2) is 47.4 Å². The molecule has 0 aliphatic carbocycles.